The highest BCUT2D eigenvalue weighted by Crippen LogP contribution is 2.18. The number of nitrogens with one attached hydrogen (secondary N) is 1. The highest BCUT2D eigenvalue weighted by molar-refractivity contribution is 6.30. The van der Waals surface area contributed by atoms with E-state index in [0.29, 0.717) is 6.04 Å². The van der Waals surface area contributed by atoms with Gasteiger partial charge in [0.1, 0.15) is 0 Å². The molecule has 1 aromatic carbocycles. The van der Waals surface area contributed by atoms with Crippen molar-refractivity contribution in [3.8, 4) is 0 Å². The Morgan fingerprint density at radius 3 is 3.00 bits per heavy atom. The van der Waals surface area contributed by atoms with Crippen molar-refractivity contribution in [1.29, 1.82) is 0 Å². The molecular weight excluding hydrogens is 256 g/mol. The topological polar surface area (TPSA) is 15.3 Å². The smallest absolute Gasteiger partial charge is 0.0409 e. The maximum absolute atomic E-state index is 6.08. The van der Waals surface area contributed by atoms with Crippen LogP contribution < -0.4 is 5.32 Å². The summed E-state index contributed by atoms with van der Waals surface area (Å²) in [6, 6.07) is 8.90. The van der Waals surface area contributed by atoms with Crippen LogP contribution in [-0.2, 0) is 6.54 Å². The van der Waals surface area contributed by atoms with Gasteiger partial charge in [0.25, 0.3) is 0 Å². The second-order valence-corrected chi connectivity index (χ2v) is 6.38. The molecule has 1 heterocycles. The number of hydrogen-bond acceptors (Lipinski definition) is 2. The molecule has 1 saturated heterocycles. The molecule has 2 rings (SSSR count). The predicted octanol–water partition coefficient (Wildman–Crippen LogP) is 3.55. The van der Waals surface area contributed by atoms with Crippen molar-refractivity contribution in [3.05, 3.63) is 34.9 Å². The molecule has 106 valence electrons. The summed E-state index contributed by atoms with van der Waals surface area (Å²) < 4.78 is 0. The van der Waals surface area contributed by atoms with Gasteiger partial charge >= 0.3 is 0 Å². The van der Waals surface area contributed by atoms with Crippen LogP contribution in [0.25, 0.3) is 0 Å². The first-order valence-corrected chi connectivity index (χ1v) is 7.72. The summed E-state index contributed by atoms with van der Waals surface area (Å²) in [5, 5.41) is 4.40. The lowest BCUT2D eigenvalue weighted by molar-refractivity contribution is 0.177. The largest absolute Gasteiger partial charge is 0.315 e. The molecule has 2 nitrogen and oxygen atoms in total. The van der Waals surface area contributed by atoms with E-state index < -0.39 is 0 Å². The van der Waals surface area contributed by atoms with Gasteiger partial charge in [0.05, 0.1) is 0 Å². The minimum atomic E-state index is 0.640. The molecule has 0 bridgehead atoms. The van der Waals surface area contributed by atoms with Crippen LogP contribution in [0.3, 0.4) is 0 Å². The molecule has 0 amide bonds. The average molecular weight is 281 g/mol. The van der Waals surface area contributed by atoms with E-state index in [1.807, 2.05) is 12.1 Å². The van der Waals surface area contributed by atoms with Crippen molar-refractivity contribution in [1.82, 2.24) is 10.2 Å². The molecule has 1 N–H and O–H groups in total. The van der Waals surface area contributed by atoms with Crippen LogP contribution in [-0.4, -0.2) is 30.6 Å². The second kappa shape index (κ2) is 7.28. The molecule has 0 aromatic heterocycles. The molecule has 3 heteroatoms. The molecule has 0 aliphatic carbocycles. The minimum absolute atomic E-state index is 0.640. The van der Waals surface area contributed by atoms with Gasteiger partial charge in [-0.1, -0.05) is 37.6 Å². The maximum atomic E-state index is 6.08. The number of halogens is 1. The van der Waals surface area contributed by atoms with E-state index in [4.69, 9.17) is 11.6 Å². The summed E-state index contributed by atoms with van der Waals surface area (Å²) >= 11 is 6.08. The summed E-state index contributed by atoms with van der Waals surface area (Å²) in [5.41, 5.74) is 1.32. The molecule has 19 heavy (non-hydrogen) atoms. The van der Waals surface area contributed by atoms with Crippen LogP contribution in [0.2, 0.25) is 5.02 Å². The van der Waals surface area contributed by atoms with Gasteiger partial charge in [0, 0.05) is 30.7 Å². The lowest BCUT2D eigenvalue weighted by atomic mass is 10.0. The van der Waals surface area contributed by atoms with Crippen LogP contribution >= 0.6 is 11.6 Å². The van der Waals surface area contributed by atoms with Gasteiger partial charge < -0.3 is 5.32 Å². The van der Waals surface area contributed by atoms with Crippen molar-refractivity contribution in [2.75, 3.05) is 19.6 Å². The normalized spacial score (nSPS) is 21.6. The lowest BCUT2D eigenvalue weighted by Crippen LogP contribution is -2.40. The van der Waals surface area contributed by atoms with E-state index >= 15 is 0 Å². The van der Waals surface area contributed by atoms with Crippen molar-refractivity contribution < 1.29 is 0 Å². The summed E-state index contributed by atoms with van der Waals surface area (Å²) in [6.45, 7) is 9.06. The fourth-order valence-electron chi connectivity index (χ4n) is 2.84. The maximum Gasteiger partial charge on any atom is 0.0409 e. The Hall–Kier alpha value is -0.570. The number of nitrogens with zero attached hydrogens (tertiary/aromatic N) is 1. The van der Waals surface area contributed by atoms with Crippen LogP contribution in [0.1, 0.15) is 32.3 Å². The van der Waals surface area contributed by atoms with Gasteiger partial charge in [-0.25, -0.2) is 0 Å². The van der Waals surface area contributed by atoms with Crippen LogP contribution in [0.4, 0.5) is 0 Å². The SMILES string of the molecule is CC(C)CC1CNCCCN1Cc1cccc(Cl)c1. The number of hydrogen-bond donors (Lipinski definition) is 1. The summed E-state index contributed by atoms with van der Waals surface area (Å²) in [5.74, 6) is 0.742. The monoisotopic (exact) mass is 280 g/mol. The molecule has 1 aliphatic heterocycles. The Kier molecular flexibility index (Phi) is 5.68. The summed E-state index contributed by atoms with van der Waals surface area (Å²) in [4.78, 5) is 2.62. The minimum Gasteiger partial charge on any atom is -0.315 e. The Labute approximate surface area is 122 Å². The van der Waals surface area contributed by atoms with E-state index in [2.05, 4.69) is 36.2 Å². The van der Waals surface area contributed by atoms with Gasteiger partial charge in [0.2, 0.25) is 0 Å². The standard InChI is InChI=1S/C16H25ClN2/c1-13(2)9-16-11-18-7-4-8-19(16)12-14-5-3-6-15(17)10-14/h3,5-6,10,13,16,18H,4,7-9,11-12H2,1-2H3. The molecule has 0 spiro atoms. The zero-order valence-electron chi connectivity index (χ0n) is 12.0. The number of rotatable bonds is 4. The highest BCUT2D eigenvalue weighted by atomic mass is 35.5. The quantitative estimate of drug-likeness (QED) is 0.907. The number of benzene rings is 1. The molecule has 1 aliphatic rings. The first-order valence-electron chi connectivity index (χ1n) is 7.34. The molecular formula is C16H25ClN2. The van der Waals surface area contributed by atoms with Crippen molar-refractivity contribution in [2.45, 2.75) is 39.3 Å². The van der Waals surface area contributed by atoms with E-state index in [1.54, 1.807) is 0 Å². The van der Waals surface area contributed by atoms with Gasteiger partial charge in [0.15, 0.2) is 0 Å². The third-order valence-electron chi connectivity index (χ3n) is 3.71. The zero-order chi connectivity index (χ0) is 13.7. The fraction of sp³-hybridized carbons (Fsp3) is 0.625. The third kappa shape index (κ3) is 4.79. The van der Waals surface area contributed by atoms with Crippen LogP contribution in [0.5, 0.6) is 0 Å². The van der Waals surface area contributed by atoms with Crippen LogP contribution in [0.15, 0.2) is 24.3 Å². The Bertz CT molecular complexity index is 392. The molecule has 1 fully saturated rings. The van der Waals surface area contributed by atoms with Crippen molar-refractivity contribution >= 4 is 11.6 Å². The predicted molar refractivity (Wildman–Crippen MR) is 82.6 cm³/mol. The lowest BCUT2D eigenvalue weighted by Gasteiger charge is -2.31. The van der Waals surface area contributed by atoms with E-state index in [0.717, 1.165) is 30.6 Å². The van der Waals surface area contributed by atoms with Gasteiger partial charge in [-0.3, -0.25) is 4.90 Å². The third-order valence-corrected chi connectivity index (χ3v) is 3.95. The molecule has 0 radical (unpaired) electrons. The summed E-state index contributed by atoms with van der Waals surface area (Å²) in [6.07, 6.45) is 2.49. The summed E-state index contributed by atoms with van der Waals surface area (Å²) in [7, 11) is 0. The zero-order valence-corrected chi connectivity index (χ0v) is 12.8. The fourth-order valence-corrected chi connectivity index (χ4v) is 3.05. The Balaban J connectivity index is 2.05. The average Bonchev–Trinajstić information content (AvgIpc) is 2.55. The molecule has 1 unspecified atom stereocenters. The highest BCUT2D eigenvalue weighted by Gasteiger charge is 2.21. The van der Waals surface area contributed by atoms with E-state index in [9.17, 15) is 0 Å². The molecule has 1 atom stereocenters. The molecule has 0 saturated carbocycles. The first-order chi connectivity index (χ1) is 9.15. The van der Waals surface area contributed by atoms with Gasteiger partial charge in [-0.05, 0) is 43.0 Å². The van der Waals surface area contributed by atoms with Gasteiger partial charge in [-0.2, -0.15) is 0 Å². The van der Waals surface area contributed by atoms with Gasteiger partial charge in [-0.15, -0.1) is 0 Å². The molecule has 1 aromatic rings. The van der Waals surface area contributed by atoms with Crippen molar-refractivity contribution in [2.24, 2.45) is 5.92 Å². The second-order valence-electron chi connectivity index (χ2n) is 5.94. The Morgan fingerprint density at radius 2 is 2.26 bits per heavy atom. The van der Waals surface area contributed by atoms with Crippen molar-refractivity contribution in [3.63, 3.8) is 0 Å². The van der Waals surface area contributed by atoms with E-state index in [1.165, 1.54) is 24.9 Å². The van der Waals surface area contributed by atoms with Crippen LogP contribution in [0, 0.1) is 5.92 Å². The Morgan fingerprint density at radius 1 is 1.42 bits per heavy atom. The van der Waals surface area contributed by atoms with E-state index in [-0.39, 0.29) is 0 Å². The first kappa shape index (κ1) is 14.8.